The summed E-state index contributed by atoms with van der Waals surface area (Å²) in [5.74, 6) is 1.05. The molecule has 0 saturated carbocycles. The molecule has 146 valence electrons. The molecule has 0 spiro atoms. The number of halogens is 1. The zero-order valence-electron chi connectivity index (χ0n) is 15.2. The standard InChI is InChI=1S/C18H21ClN2O5S/c1-20-27(23,24)17-12-13(4-9-16(17)19)18(22)21(2)10-11-26-15-7-5-14(25-3)6-8-15/h4-9,12,20H,10-11H2,1-3H3. The minimum absolute atomic E-state index is 0.0476. The van der Waals surface area contributed by atoms with Crippen molar-refractivity contribution in [2.45, 2.75) is 4.90 Å². The Labute approximate surface area is 163 Å². The molecule has 0 aliphatic carbocycles. The molecule has 0 atom stereocenters. The molecule has 0 saturated heterocycles. The van der Waals surface area contributed by atoms with E-state index in [9.17, 15) is 13.2 Å². The topological polar surface area (TPSA) is 84.9 Å². The number of hydrogen-bond acceptors (Lipinski definition) is 5. The Morgan fingerprint density at radius 1 is 1.15 bits per heavy atom. The highest BCUT2D eigenvalue weighted by molar-refractivity contribution is 7.89. The van der Waals surface area contributed by atoms with Crippen LogP contribution in [0.5, 0.6) is 11.5 Å². The number of likely N-dealkylation sites (N-methyl/N-ethyl adjacent to an activating group) is 1. The lowest BCUT2D eigenvalue weighted by molar-refractivity contribution is 0.0773. The van der Waals surface area contributed by atoms with Crippen LogP contribution in [-0.2, 0) is 10.0 Å². The van der Waals surface area contributed by atoms with E-state index in [1.807, 2.05) is 0 Å². The quantitative estimate of drug-likeness (QED) is 0.719. The van der Waals surface area contributed by atoms with Crippen molar-refractivity contribution in [1.82, 2.24) is 9.62 Å². The lowest BCUT2D eigenvalue weighted by Gasteiger charge is -2.18. The number of ether oxygens (including phenoxy) is 2. The normalized spacial score (nSPS) is 11.1. The maximum absolute atomic E-state index is 12.5. The van der Waals surface area contributed by atoms with Crippen LogP contribution in [0.2, 0.25) is 5.02 Å². The molecule has 0 radical (unpaired) electrons. The Bertz CT molecular complexity index is 900. The average molecular weight is 413 g/mol. The van der Waals surface area contributed by atoms with Crippen LogP contribution >= 0.6 is 11.6 Å². The Morgan fingerprint density at radius 2 is 1.78 bits per heavy atom. The fourth-order valence-electron chi connectivity index (χ4n) is 2.25. The number of hydrogen-bond donors (Lipinski definition) is 1. The van der Waals surface area contributed by atoms with E-state index in [2.05, 4.69) is 4.72 Å². The number of sulfonamides is 1. The van der Waals surface area contributed by atoms with Gasteiger partial charge in [0, 0.05) is 12.6 Å². The summed E-state index contributed by atoms with van der Waals surface area (Å²) in [5.41, 5.74) is 0.222. The lowest BCUT2D eigenvalue weighted by Crippen LogP contribution is -2.31. The molecular weight excluding hydrogens is 392 g/mol. The van der Waals surface area contributed by atoms with Crippen LogP contribution in [0.25, 0.3) is 0 Å². The van der Waals surface area contributed by atoms with E-state index in [0.717, 1.165) is 5.75 Å². The van der Waals surface area contributed by atoms with Gasteiger partial charge in [0.15, 0.2) is 0 Å². The second-order valence-corrected chi connectivity index (χ2v) is 7.87. The molecular formula is C18H21ClN2O5S. The third kappa shape index (κ3) is 5.35. The summed E-state index contributed by atoms with van der Waals surface area (Å²) >= 11 is 5.94. The van der Waals surface area contributed by atoms with Gasteiger partial charge in [-0.15, -0.1) is 0 Å². The predicted octanol–water partition coefficient (Wildman–Crippen LogP) is 2.41. The van der Waals surface area contributed by atoms with Gasteiger partial charge in [-0.1, -0.05) is 11.6 Å². The highest BCUT2D eigenvalue weighted by Crippen LogP contribution is 2.23. The molecule has 0 heterocycles. The van der Waals surface area contributed by atoms with Gasteiger partial charge in [-0.25, -0.2) is 13.1 Å². The minimum Gasteiger partial charge on any atom is -0.497 e. The summed E-state index contributed by atoms with van der Waals surface area (Å²) in [6.07, 6.45) is 0. The van der Waals surface area contributed by atoms with E-state index < -0.39 is 10.0 Å². The van der Waals surface area contributed by atoms with Gasteiger partial charge < -0.3 is 14.4 Å². The van der Waals surface area contributed by atoms with Crippen LogP contribution in [0.3, 0.4) is 0 Å². The molecule has 0 aliphatic rings. The number of benzene rings is 2. The highest BCUT2D eigenvalue weighted by atomic mass is 35.5. The monoisotopic (exact) mass is 412 g/mol. The van der Waals surface area contributed by atoms with E-state index in [1.165, 1.54) is 30.1 Å². The Morgan fingerprint density at radius 3 is 2.37 bits per heavy atom. The third-order valence-corrected chi connectivity index (χ3v) is 5.73. The molecule has 0 fully saturated rings. The van der Waals surface area contributed by atoms with Crippen molar-refractivity contribution >= 4 is 27.5 Å². The molecule has 2 rings (SSSR count). The van der Waals surface area contributed by atoms with Gasteiger partial charge in [0.2, 0.25) is 10.0 Å². The zero-order chi connectivity index (χ0) is 20.0. The number of methoxy groups -OCH3 is 1. The van der Waals surface area contributed by atoms with E-state index in [0.29, 0.717) is 12.3 Å². The van der Waals surface area contributed by atoms with Crippen LogP contribution in [0.15, 0.2) is 47.4 Å². The van der Waals surface area contributed by atoms with Crippen LogP contribution in [0, 0.1) is 0 Å². The molecule has 1 N–H and O–H groups in total. The van der Waals surface area contributed by atoms with E-state index in [1.54, 1.807) is 38.4 Å². The Kier molecular flexibility index (Phi) is 7.06. The van der Waals surface area contributed by atoms with Crippen molar-refractivity contribution < 1.29 is 22.7 Å². The van der Waals surface area contributed by atoms with Crippen LogP contribution in [0.4, 0.5) is 0 Å². The first-order valence-electron chi connectivity index (χ1n) is 8.04. The summed E-state index contributed by atoms with van der Waals surface area (Å²) < 4.78 is 36.8. The van der Waals surface area contributed by atoms with Crippen LogP contribution in [-0.4, -0.2) is 53.6 Å². The second kappa shape index (κ2) is 9.07. The number of carbonyl (C=O) groups is 1. The molecule has 27 heavy (non-hydrogen) atoms. The summed E-state index contributed by atoms with van der Waals surface area (Å²) in [5, 5.41) is 0.0476. The van der Waals surface area contributed by atoms with E-state index in [4.69, 9.17) is 21.1 Å². The van der Waals surface area contributed by atoms with E-state index in [-0.39, 0.29) is 28.0 Å². The van der Waals surface area contributed by atoms with Gasteiger partial charge in [-0.05, 0) is 49.5 Å². The Hall–Kier alpha value is -2.29. The van der Waals surface area contributed by atoms with Crippen LogP contribution < -0.4 is 14.2 Å². The van der Waals surface area contributed by atoms with Crippen molar-refractivity contribution in [1.29, 1.82) is 0 Å². The summed E-state index contributed by atoms with van der Waals surface area (Å²) in [4.78, 5) is 13.9. The largest absolute Gasteiger partial charge is 0.497 e. The smallest absolute Gasteiger partial charge is 0.253 e. The van der Waals surface area contributed by atoms with Gasteiger partial charge >= 0.3 is 0 Å². The number of carbonyl (C=O) groups excluding carboxylic acids is 1. The molecule has 0 aliphatic heterocycles. The fraction of sp³-hybridized carbons (Fsp3) is 0.278. The SMILES string of the molecule is CNS(=O)(=O)c1cc(C(=O)N(C)CCOc2ccc(OC)cc2)ccc1Cl. The second-order valence-electron chi connectivity index (χ2n) is 5.60. The van der Waals surface area contributed by atoms with Crippen LogP contribution in [0.1, 0.15) is 10.4 Å². The average Bonchev–Trinajstić information content (AvgIpc) is 2.68. The number of nitrogens with one attached hydrogen (secondary N) is 1. The van der Waals surface area contributed by atoms with E-state index >= 15 is 0 Å². The number of amides is 1. The fourth-order valence-corrected chi connectivity index (χ4v) is 3.50. The molecule has 2 aromatic carbocycles. The molecule has 7 nitrogen and oxygen atoms in total. The molecule has 0 bridgehead atoms. The molecule has 1 amide bonds. The van der Waals surface area contributed by atoms with Crippen molar-refractivity contribution in [2.75, 3.05) is 34.4 Å². The number of rotatable bonds is 8. The summed E-state index contributed by atoms with van der Waals surface area (Å²) in [6.45, 7) is 0.603. The first kappa shape index (κ1) is 21.0. The van der Waals surface area contributed by atoms with Gasteiger partial charge in [-0.3, -0.25) is 4.79 Å². The molecule has 0 aromatic heterocycles. The zero-order valence-corrected chi connectivity index (χ0v) is 16.8. The maximum Gasteiger partial charge on any atom is 0.253 e. The van der Waals surface area contributed by atoms with Gasteiger partial charge in [-0.2, -0.15) is 0 Å². The Balaban J connectivity index is 2.01. The van der Waals surface area contributed by atoms with Gasteiger partial charge in [0.1, 0.15) is 23.0 Å². The third-order valence-electron chi connectivity index (χ3n) is 3.84. The molecule has 2 aromatic rings. The summed E-state index contributed by atoms with van der Waals surface area (Å²) in [7, 11) is 0.719. The summed E-state index contributed by atoms with van der Waals surface area (Å²) in [6, 6.07) is 11.2. The first-order valence-corrected chi connectivity index (χ1v) is 9.90. The molecule has 0 unspecified atom stereocenters. The first-order chi connectivity index (χ1) is 12.8. The van der Waals surface area contributed by atoms with Gasteiger partial charge in [0.05, 0.1) is 18.7 Å². The maximum atomic E-state index is 12.5. The van der Waals surface area contributed by atoms with Crippen molar-refractivity contribution in [3.8, 4) is 11.5 Å². The minimum atomic E-state index is -3.76. The van der Waals surface area contributed by atoms with Gasteiger partial charge in [0.25, 0.3) is 5.91 Å². The van der Waals surface area contributed by atoms with Crippen molar-refractivity contribution in [3.05, 3.63) is 53.1 Å². The number of nitrogens with zero attached hydrogens (tertiary/aromatic N) is 1. The van der Waals surface area contributed by atoms with Crippen molar-refractivity contribution in [3.63, 3.8) is 0 Å². The highest BCUT2D eigenvalue weighted by Gasteiger charge is 2.20. The predicted molar refractivity (Wildman–Crippen MR) is 103 cm³/mol. The molecule has 9 heteroatoms. The lowest BCUT2D eigenvalue weighted by atomic mass is 10.2. The van der Waals surface area contributed by atoms with Crippen molar-refractivity contribution in [2.24, 2.45) is 0 Å².